The van der Waals surface area contributed by atoms with E-state index in [2.05, 4.69) is 9.72 Å². The average Bonchev–Trinajstić information content (AvgIpc) is 2.65. The van der Waals surface area contributed by atoms with Gasteiger partial charge in [-0.05, 0) is 35.4 Å². The number of aromatic nitrogens is 2. The van der Waals surface area contributed by atoms with Gasteiger partial charge in [0.15, 0.2) is 0 Å². The highest BCUT2D eigenvalue weighted by Crippen LogP contribution is 2.28. The van der Waals surface area contributed by atoms with E-state index < -0.39 is 6.36 Å². The van der Waals surface area contributed by atoms with E-state index in [9.17, 15) is 18.0 Å². The van der Waals surface area contributed by atoms with Crippen LogP contribution in [-0.4, -0.2) is 29.6 Å². The molecule has 0 atom stereocenters. The monoisotopic (exact) mass is 406 g/mol. The summed E-state index contributed by atoms with van der Waals surface area (Å²) in [5, 5.41) is 0. The third-order valence-electron chi connectivity index (χ3n) is 4.46. The van der Waals surface area contributed by atoms with Crippen LogP contribution >= 0.6 is 0 Å². The highest BCUT2D eigenvalue weighted by molar-refractivity contribution is 5.82. The molecule has 1 heterocycles. The van der Waals surface area contributed by atoms with Gasteiger partial charge in [0.1, 0.15) is 11.4 Å². The number of fused-ring (bicyclic) bond motifs is 1. The van der Waals surface area contributed by atoms with Crippen molar-refractivity contribution in [3.63, 3.8) is 0 Å². The topological polar surface area (TPSA) is 53.4 Å². The Kier molecular flexibility index (Phi) is 5.93. The molecule has 0 saturated heterocycles. The maximum atomic E-state index is 12.9. The van der Waals surface area contributed by atoms with E-state index in [0.29, 0.717) is 35.4 Å². The smallest absolute Gasteiger partial charge is 0.406 e. The quantitative estimate of drug-likeness (QED) is 0.594. The second kappa shape index (κ2) is 8.24. The van der Waals surface area contributed by atoms with Gasteiger partial charge in [0.2, 0.25) is 0 Å². The SMILES string of the molecule is COCCn1c(=O)c(C(C)C)nc2ccc(-c3ccc(OC(F)(F)F)cc3)cc21. The Hall–Kier alpha value is -2.87. The molecule has 0 aliphatic rings. The van der Waals surface area contributed by atoms with Crippen LogP contribution in [0.2, 0.25) is 0 Å². The van der Waals surface area contributed by atoms with Crippen molar-refractivity contribution in [3.8, 4) is 16.9 Å². The molecule has 0 radical (unpaired) electrons. The van der Waals surface area contributed by atoms with Gasteiger partial charge in [-0.15, -0.1) is 13.2 Å². The lowest BCUT2D eigenvalue weighted by Gasteiger charge is -2.15. The van der Waals surface area contributed by atoms with E-state index >= 15 is 0 Å². The lowest BCUT2D eigenvalue weighted by atomic mass is 10.0. The second-order valence-electron chi connectivity index (χ2n) is 6.88. The number of methoxy groups -OCH3 is 1. The Balaban J connectivity index is 2.07. The van der Waals surface area contributed by atoms with Crippen molar-refractivity contribution >= 4 is 11.0 Å². The first-order valence-electron chi connectivity index (χ1n) is 9.09. The molecule has 29 heavy (non-hydrogen) atoms. The number of nitrogens with zero attached hydrogens (tertiary/aromatic N) is 2. The van der Waals surface area contributed by atoms with Gasteiger partial charge in [-0.25, -0.2) is 4.98 Å². The van der Waals surface area contributed by atoms with Gasteiger partial charge in [-0.3, -0.25) is 4.79 Å². The molecule has 1 aromatic heterocycles. The highest BCUT2D eigenvalue weighted by Gasteiger charge is 2.31. The van der Waals surface area contributed by atoms with Crippen LogP contribution in [-0.2, 0) is 11.3 Å². The van der Waals surface area contributed by atoms with Crippen LogP contribution in [0.1, 0.15) is 25.5 Å². The molecule has 0 unspecified atom stereocenters. The first-order chi connectivity index (χ1) is 13.7. The van der Waals surface area contributed by atoms with Crippen LogP contribution in [0.4, 0.5) is 13.2 Å². The number of rotatable bonds is 6. The average molecular weight is 406 g/mol. The van der Waals surface area contributed by atoms with E-state index in [1.54, 1.807) is 17.7 Å². The van der Waals surface area contributed by atoms with Crippen molar-refractivity contribution in [3.05, 3.63) is 58.5 Å². The molecule has 154 valence electrons. The van der Waals surface area contributed by atoms with Crippen molar-refractivity contribution in [2.24, 2.45) is 0 Å². The molecule has 0 aliphatic carbocycles. The van der Waals surface area contributed by atoms with Crippen LogP contribution in [0.5, 0.6) is 5.75 Å². The van der Waals surface area contributed by atoms with Crippen LogP contribution in [0.15, 0.2) is 47.3 Å². The van der Waals surface area contributed by atoms with E-state index in [-0.39, 0.29) is 17.2 Å². The first kappa shape index (κ1) is 20.9. The van der Waals surface area contributed by atoms with Crippen molar-refractivity contribution < 1.29 is 22.6 Å². The Morgan fingerprint density at radius 3 is 2.31 bits per heavy atom. The summed E-state index contributed by atoms with van der Waals surface area (Å²) in [7, 11) is 1.56. The fourth-order valence-electron chi connectivity index (χ4n) is 3.07. The van der Waals surface area contributed by atoms with Gasteiger partial charge >= 0.3 is 6.36 Å². The minimum Gasteiger partial charge on any atom is -0.406 e. The molecular formula is C21H21F3N2O3. The van der Waals surface area contributed by atoms with Crippen molar-refractivity contribution in [2.45, 2.75) is 32.7 Å². The van der Waals surface area contributed by atoms with Gasteiger partial charge in [-0.2, -0.15) is 0 Å². The molecule has 0 fully saturated rings. The largest absolute Gasteiger partial charge is 0.573 e. The van der Waals surface area contributed by atoms with Crippen LogP contribution < -0.4 is 10.3 Å². The third kappa shape index (κ3) is 4.76. The highest BCUT2D eigenvalue weighted by atomic mass is 19.4. The fraction of sp³-hybridized carbons (Fsp3) is 0.333. The molecule has 5 nitrogen and oxygen atoms in total. The minimum atomic E-state index is -4.73. The van der Waals surface area contributed by atoms with Gasteiger partial charge in [0.25, 0.3) is 5.56 Å². The predicted octanol–water partition coefficient (Wildman–Crippen LogP) is 4.73. The number of benzene rings is 2. The van der Waals surface area contributed by atoms with Gasteiger partial charge in [-0.1, -0.05) is 32.0 Å². The van der Waals surface area contributed by atoms with E-state index in [1.165, 1.54) is 24.3 Å². The standard InChI is InChI=1S/C21H21F3N2O3/c1-13(2)19-20(27)26(10-11-28-3)18-12-15(6-9-17(18)25-19)14-4-7-16(8-5-14)29-21(22,23)24/h4-9,12-13H,10-11H2,1-3H3. The Morgan fingerprint density at radius 1 is 1.07 bits per heavy atom. The molecule has 0 spiro atoms. The molecule has 8 heteroatoms. The van der Waals surface area contributed by atoms with Gasteiger partial charge in [0.05, 0.1) is 17.6 Å². The van der Waals surface area contributed by atoms with E-state index in [4.69, 9.17) is 4.74 Å². The fourth-order valence-corrected chi connectivity index (χ4v) is 3.07. The molecule has 0 saturated carbocycles. The lowest BCUT2D eigenvalue weighted by molar-refractivity contribution is -0.274. The Morgan fingerprint density at radius 2 is 1.72 bits per heavy atom. The third-order valence-corrected chi connectivity index (χ3v) is 4.46. The zero-order valence-corrected chi connectivity index (χ0v) is 16.3. The number of halogens is 3. The predicted molar refractivity (Wildman–Crippen MR) is 104 cm³/mol. The van der Waals surface area contributed by atoms with Crippen LogP contribution in [0.25, 0.3) is 22.2 Å². The summed E-state index contributed by atoms with van der Waals surface area (Å²) >= 11 is 0. The Bertz CT molecular complexity index is 1060. The van der Waals surface area contributed by atoms with Gasteiger partial charge in [0, 0.05) is 19.6 Å². The zero-order chi connectivity index (χ0) is 21.2. The van der Waals surface area contributed by atoms with Gasteiger partial charge < -0.3 is 14.0 Å². The number of ether oxygens (including phenoxy) is 2. The normalized spacial score (nSPS) is 12.0. The summed E-state index contributed by atoms with van der Waals surface area (Å²) < 4.78 is 47.7. The van der Waals surface area contributed by atoms with E-state index in [1.807, 2.05) is 26.0 Å². The minimum absolute atomic E-state index is 0.0263. The molecule has 3 rings (SSSR count). The molecule has 0 aliphatic heterocycles. The molecule has 2 aromatic carbocycles. The number of alkyl halides is 3. The number of hydrogen-bond acceptors (Lipinski definition) is 4. The molecule has 0 N–H and O–H groups in total. The van der Waals surface area contributed by atoms with Crippen molar-refractivity contribution in [2.75, 3.05) is 13.7 Å². The summed E-state index contributed by atoms with van der Waals surface area (Å²) in [6, 6.07) is 11.0. The maximum absolute atomic E-state index is 12.9. The van der Waals surface area contributed by atoms with Crippen molar-refractivity contribution in [1.82, 2.24) is 9.55 Å². The summed E-state index contributed by atoms with van der Waals surface area (Å²) in [5.74, 6) is -0.316. The maximum Gasteiger partial charge on any atom is 0.573 e. The molecular weight excluding hydrogens is 385 g/mol. The zero-order valence-electron chi connectivity index (χ0n) is 16.3. The van der Waals surface area contributed by atoms with Crippen molar-refractivity contribution in [1.29, 1.82) is 0 Å². The van der Waals surface area contributed by atoms with Crippen LogP contribution in [0.3, 0.4) is 0 Å². The first-order valence-corrected chi connectivity index (χ1v) is 9.09. The molecule has 0 amide bonds. The summed E-state index contributed by atoms with van der Waals surface area (Å²) in [4.78, 5) is 17.4. The Labute approximate surface area is 165 Å². The number of hydrogen-bond donors (Lipinski definition) is 0. The summed E-state index contributed by atoms with van der Waals surface area (Å²) in [6.07, 6.45) is -4.73. The summed E-state index contributed by atoms with van der Waals surface area (Å²) in [5.41, 5.74) is 3.07. The summed E-state index contributed by atoms with van der Waals surface area (Å²) in [6.45, 7) is 4.56. The second-order valence-corrected chi connectivity index (χ2v) is 6.88. The molecule has 3 aromatic rings. The van der Waals surface area contributed by atoms with E-state index in [0.717, 1.165) is 5.56 Å². The van der Waals surface area contributed by atoms with Crippen LogP contribution in [0, 0.1) is 0 Å². The lowest BCUT2D eigenvalue weighted by Crippen LogP contribution is -2.28. The molecule has 0 bridgehead atoms.